The molecular weight excluding hydrogens is 486 g/mol. The summed E-state index contributed by atoms with van der Waals surface area (Å²) in [5.41, 5.74) is 8.56. The molecular formula is C33H42P2Si. The number of hydrogen-bond acceptors (Lipinski definition) is 0. The molecule has 3 heteroatoms. The average molecular weight is 529 g/mol. The SMILES string of the molecule is Cc1cc(C)c(P(c2c(C)cc(C)cc2C)[PH](c2ccccc2)(c2ccccc2)[Si](C)(C)C)c(C)c1. The maximum atomic E-state index is 2.65. The van der Waals surface area contributed by atoms with Gasteiger partial charge in [-0.05, 0) is 0 Å². The molecule has 0 aromatic heterocycles. The average Bonchev–Trinajstić information content (AvgIpc) is 2.78. The predicted molar refractivity (Wildman–Crippen MR) is 171 cm³/mol. The first kappa shape index (κ1) is 27.0. The van der Waals surface area contributed by atoms with Crippen molar-refractivity contribution >= 4 is 43.1 Å². The molecule has 0 aliphatic carbocycles. The number of aryl methyl sites for hydroxylation is 6. The third-order valence-electron chi connectivity index (χ3n) is 7.52. The molecule has 0 spiro atoms. The van der Waals surface area contributed by atoms with Crippen molar-refractivity contribution in [3.63, 3.8) is 0 Å². The summed E-state index contributed by atoms with van der Waals surface area (Å²) in [7, 11) is -2.45. The summed E-state index contributed by atoms with van der Waals surface area (Å²) in [6.45, 7) is 19.6. The Labute approximate surface area is 222 Å². The number of benzene rings is 4. The van der Waals surface area contributed by atoms with Crippen molar-refractivity contribution in [2.45, 2.75) is 61.2 Å². The molecule has 188 valence electrons. The van der Waals surface area contributed by atoms with Crippen LogP contribution >= 0.6 is 14.1 Å². The Hall–Kier alpha value is -2.04. The van der Waals surface area contributed by atoms with Crippen LogP contribution in [0, 0.1) is 41.5 Å². The Morgan fingerprint density at radius 2 is 0.806 bits per heavy atom. The third-order valence-corrected chi connectivity index (χ3v) is 36.2. The van der Waals surface area contributed by atoms with Gasteiger partial charge in [-0.1, -0.05) is 0 Å². The van der Waals surface area contributed by atoms with E-state index in [1.54, 1.807) is 21.2 Å². The van der Waals surface area contributed by atoms with Gasteiger partial charge in [0.1, 0.15) is 0 Å². The van der Waals surface area contributed by atoms with E-state index in [4.69, 9.17) is 0 Å². The van der Waals surface area contributed by atoms with Crippen molar-refractivity contribution in [1.29, 1.82) is 0 Å². The Morgan fingerprint density at radius 3 is 1.08 bits per heavy atom. The summed E-state index contributed by atoms with van der Waals surface area (Å²) in [6.07, 6.45) is 0. The van der Waals surface area contributed by atoms with E-state index < -0.39 is 21.9 Å². The van der Waals surface area contributed by atoms with Gasteiger partial charge in [-0.15, -0.1) is 0 Å². The van der Waals surface area contributed by atoms with E-state index in [0.29, 0.717) is 0 Å². The van der Waals surface area contributed by atoms with Gasteiger partial charge in [0.15, 0.2) is 0 Å². The molecule has 0 saturated carbocycles. The normalized spacial score (nSPS) is 12.7. The molecule has 36 heavy (non-hydrogen) atoms. The van der Waals surface area contributed by atoms with Crippen LogP contribution in [-0.2, 0) is 0 Å². The maximum absolute atomic E-state index is 2.65. The monoisotopic (exact) mass is 528 g/mol. The summed E-state index contributed by atoms with van der Waals surface area (Å²) < 4.78 is 0. The van der Waals surface area contributed by atoms with Crippen LogP contribution in [-0.4, -0.2) is 7.74 Å². The van der Waals surface area contributed by atoms with Gasteiger partial charge in [-0.25, -0.2) is 0 Å². The molecule has 0 unspecified atom stereocenters. The molecule has 0 aliphatic heterocycles. The second kappa shape index (κ2) is 10.4. The zero-order valence-electron chi connectivity index (χ0n) is 23.5. The minimum absolute atomic E-state index is 0.647. The molecule has 0 aliphatic rings. The van der Waals surface area contributed by atoms with Crippen molar-refractivity contribution in [2.24, 2.45) is 0 Å². The Bertz CT molecular complexity index is 1230. The van der Waals surface area contributed by atoms with E-state index >= 15 is 0 Å². The molecule has 0 heterocycles. The van der Waals surface area contributed by atoms with Gasteiger partial charge in [0.05, 0.1) is 0 Å². The summed E-state index contributed by atoms with van der Waals surface area (Å²) in [5, 5.41) is 6.43. The van der Waals surface area contributed by atoms with E-state index in [2.05, 4.69) is 146 Å². The summed E-state index contributed by atoms with van der Waals surface area (Å²) in [4.78, 5) is 0. The van der Waals surface area contributed by atoms with Crippen molar-refractivity contribution in [3.8, 4) is 0 Å². The molecule has 4 aromatic carbocycles. The van der Waals surface area contributed by atoms with Crippen LogP contribution in [0.4, 0.5) is 0 Å². The van der Waals surface area contributed by atoms with E-state index in [9.17, 15) is 0 Å². The van der Waals surface area contributed by atoms with Crippen LogP contribution in [0.5, 0.6) is 0 Å². The first-order valence-corrected chi connectivity index (χ1v) is 21.7. The molecule has 0 fully saturated rings. The third kappa shape index (κ3) is 4.67. The Morgan fingerprint density at radius 1 is 0.500 bits per heavy atom. The zero-order chi connectivity index (χ0) is 26.3. The number of rotatable bonds is 6. The molecule has 0 bridgehead atoms. The van der Waals surface area contributed by atoms with Gasteiger partial charge in [0.25, 0.3) is 0 Å². The quantitative estimate of drug-likeness (QED) is 0.175. The van der Waals surface area contributed by atoms with E-state index in [0.717, 1.165) is 0 Å². The topological polar surface area (TPSA) is 0 Å². The van der Waals surface area contributed by atoms with Gasteiger partial charge >= 0.3 is 223 Å². The molecule has 0 atom stereocenters. The van der Waals surface area contributed by atoms with E-state index in [1.807, 2.05) is 0 Å². The molecule has 0 radical (unpaired) electrons. The van der Waals surface area contributed by atoms with Gasteiger partial charge in [-0.3, -0.25) is 0 Å². The Kier molecular flexibility index (Phi) is 7.78. The van der Waals surface area contributed by atoms with Crippen molar-refractivity contribution in [1.82, 2.24) is 0 Å². The van der Waals surface area contributed by atoms with Crippen LogP contribution in [0.25, 0.3) is 0 Å². The van der Waals surface area contributed by atoms with Crippen LogP contribution in [0.15, 0.2) is 84.9 Å². The van der Waals surface area contributed by atoms with Gasteiger partial charge < -0.3 is 0 Å². The van der Waals surface area contributed by atoms with Crippen LogP contribution in [0.2, 0.25) is 19.6 Å². The van der Waals surface area contributed by atoms with Crippen molar-refractivity contribution in [2.75, 3.05) is 0 Å². The van der Waals surface area contributed by atoms with Gasteiger partial charge in [0, 0.05) is 0 Å². The molecule has 0 N–H and O–H groups in total. The van der Waals surface area contributed by atoms with Crippen LogP contribution in [0.1, 0.15) is 33.4 Å². The van der Waals surface area contributed by atoms with Crippen LogP contribution in [0.3, 0.4) is 0 Å². The first-order chi connectivity index (χ1) is 17.0. The number of hydrogen-bond donors (Lipinski definition) is 0. The van der Waals surface area contributed by atoms with Crippen LogP contribution < -0.4 is 21.2 Å². The summed E-state index contributed by atoms with van der Waals surface area (Å²) in [5.74, 6) is 0. The summed E-state index contributed by atoms with van der Waals surface area (Å²) >= 11 is 0. The standard InChI is InChI=1S/C33H42P2Si/c1-24-20-26(3)32(27(4)21-24)34(33-28(5)22-25(2)23-29(33)6)35(36(7,8)9,30-16-12-10-13-17-30)31-18-14-11-15-19-31/h10-23,35H,1-9H3. The molecule has 0 saturated heterocycles. The zero-order valence-corrected chi connectivity index (χ0v) is 26.4. The molecule has 0 nitrogen and oxygen atoms in total. The molecule has 4 rings (SSSR count). The second-order valence-corrected chi connectivity index (χ2v) is 31.5. The first-order valence-electron chi connectivity index (χ1n) is 13.1. The minimum atomic E-state index is -2.32. The van der Waals surface area contributed by atoms with E-state index in [-0.39, 0.29) is 0 Å². The predicted octanol–water partition coefficient (Wildman–Crippen LogP) is 8.12. The molecule has 4 aromatic rings. The van der Waals surface area contributed by atoms with Gasteiger partial charge in [-0.2, -0.15) is 0 Å². The fourth-order valence-corrected chi connectivity index (χ4v) is 36.5. The van der Waals surface area contributed by atoms with Crippen molar-refractivity contribution < 1.29 is 0 Å². The Balaban J connectivity index is 2.29. The second-order valence-electron chi connectivity index (χ2n) is 11.5. The van der Waals surface area contributed by atoms with Gasteiger partial charge in [0.2, 0.25) is 0 Å². The fraction of sp³-hybridized carbons (Fsp3) is 0.273. The fourth-order valence-electron chi connectivity index (χ4n) is 6.48. The summed E-state index contributed by atoms with van der Waals surface area (Å²) in [6, 6.07) is 33.0. The van der Waals surface area contributed by atoms with E-state index in [1.165, 1.54) is 33.4 Å². The van der Waals surface area contributed by atoms with Crippen molar-refractivity contribution in [3.05, 3.63) is 118 Å². The molecule has 0 amide bonds.